The molecule has 146 valence electrons. The number of benzene rings is 2. The third kappa shape index (κ3) is 3.31. The van der Waals surface area contributed by atoms with Crippen molar-refractivity contribution >= 4 is 28.4 Å². The Morgan fingerprint density at radius 3 is 2.89 bits per heavy atom. The van der Waals surface area contributed by atoms with Gasteiger partial charge in [-0.2, -0.15) is 0 Å². The van der Waals surface area contributed by atoms with Crippen LogP contribution in [0.25, 0.3) is 10.9 Å². The van der Waals surface area contributed by atoms with Crippen molar-refractivity contribution in [1.82, 2.24) is 9.88 Å². The SMILES string of the molecule is CCOc1ccccc1CNC(=O)c1cc2c(Cl)ccc3c2n1C[C@H](CC)O3. The van der Waals surface area contributed by atoms with Crippen LogP contribution in [0, 0.1) is 0 Å². The van der Waals surface area contributed by atoms with Crippen LogP contribution >= 0.6 is 11.6 Å². The van der Waals surface area contributed by atoms with Crippen molar-refractivity contribution in [3.8, 4) is 11.5 Å². The third-order valence-corrected chi connectivity index (χ3v) is 5.38. The number of amides is 1. The average molecular weight is 399 g/mol. The van der Waals surface area contributed by atoms with E-state index < -0.39 is 0 Å². The average Bonchev–Trinajstić information content (AvgIpc) is 3.11. The quantitative estimate of drug-likeness (QED) is 0.649. The second kappa shape index (κ2) is 7.76. The van der Waals surface area contributed by atoms with Gasteiger partial charge in [0.05, 0.1) is 23.7 Å². The molecule has 0 spiro atoms. The Morgan fingerprint density at radius 1 is 1.29 bits per heavy atom. The molecule has 1 aliphatic heterocycles. The third-order valence-electron chi connectivity index (χ3n) is 5.05. The lowest BCUT2D eigenvalue weighted by Gasteiger charge is -2.26. The smallest absolute Gasteiger partial charge is 0.268 e. The van der Waals surface area contributed by atoms with E-state index in [2.05, 4.69) is 12.2 Å². The molecule has 4 rings (SSSR count). The van der Waals surface area contributed by atoms with Crippen molar-refractivity contribution in [2.45, 2.75) is 39.5 Å². The van der Waals surface area contributed by atoms with Crippen LogP contribution in [0.4, 0.5) is 0 Å². The number of nitrogens with zero attached hydrogens (tertiary/aromatic N) is 1. The van der Waals surface area contributed by atoms with Crippen molar-refractivity contribution in [2.75, 3.05) is 6.61 Å². The first-order valence-electron chi connectivity index (χ1n) is 9.59. The number of nitrogens with one attached hydrogen (secondary N) is 1. The van der Waals surface area contributed by atoms with Gasteiger partial charge in [-0.25, -0.2) is 0 Å². The summed E-state index contributed by atoms with van der Waals surface area (Å²) in [5.74, 6) is 1.43. The zero-order valence-electron chi connectivity index (χ0n) is 16.0. The summed E-state index contributed by atoms with van der Waals surface area (Å²) in [6.07, 6.45) is 0.902. The first kappa shape index (κ1) is 18.7. The maximum atomic E-state index is 13.0. The number of ether oxygens (including phenoxy) is 2. The number of carbonyl (C=O) groups is 1. The van der Waals surface area contributed by atoms with Crippen LogP contribution in [-0.2, 0) is 13.1 Å². The molecule has 0 radical (unpaired) electrons. The molecule has 0 fully saturated rings. The fourth-order valence-corrected chi connectivity index (χ4v) is 3.84. The molecular weight excluding hydrogens is 376 g/mol. The van der Waals surface area contributed by atoms with Gasteiger partial charge < -0.3 is 19.4 Å². The maximum Gasteiger partial charge on any atom is 0.268 e. The number of carbonyl (C=O) groups excluding carboxylic acids is 1. The van der Waals surface area contributed by atoms with Crippen LogP contribution in [0.3, 0.4) is 0 Å². The molecule has 0 saturated carbocycles. The zero-order valence-corrected chi connectivity index (χ0v) is 16.8. The Bertz CT molecular complexity index is 1030. The van der Waals surface area contributed by atoms with Crippen LogP contribution in [0.2, 0.25) is 5.02 Å². The van der Waals surface area contributed by atoms with E-state index in [0.29, 0.717) is 30.4 Å². The Hall–Kier alpha value is -2.66. The van der Waals surface area contributed by atoms with E-state index in [-0.39, 0.29) is 12.0 Å². The number of aromatic nitrogens is 1. The predicted molar refractivity (Wildman–Crippen MR) is 110 cm³/mol. The van der Waals surface area contributed by atoms with E-state index >= 15 is 0 Å². The molecule has 1 N–H and O–H groups in total. The fourth-order valence-electron chi connectivity index (χ4n) is 3.63. The van der Waals surface area contributed by atoms with Gasteiger partial charge in [0.1, 0.15) is 23.3 Å². The minimum atomic E-state index is -0.138. The lowest BCUT2D eigenvalue weighted by atomic mass is 10.2. The minimum Gasteiger partial charge on any atom is -0.494 e. The fraction of sp³-hybridized carbons (Fsp3) is 0.318. The topological polar surface area (TPSA) is 52.5 Å². The number of para-hydroxylation sites is 1. The van der Waals surface area contributed by atoms with Gasteiger partial charge in [-0.15, -0.1) is 0 Å². The van der Waals surface area contributed by atoms with Gasteiger partial charge in [0.25, 0.3) is 5.91 Å². The standard InChI is InChI=1S/C22H23ClN2O3/c1-3-15-13-25-18(11-16-17(23)9-10-20(28-15)21(16)25)22(26)24-12-14-7-5-6-8-19(14)27-4-2/h5-11,15H,3-4,12-13H2,1-2H3,(H,24,26)/t15-/m0/s1. The van der Waals surface area contributed by atoms with Crippen LogP contribution in [0.1, 0.15) is 36.3 Å². The summed E-state index contributed by atoms with van der Waals surface area (Å²) in [6, 6.07) is 13.3. The highest BCUT2D eigenvalue weighted by Crippen LogP contribution is 2.38. The monoisotopic (exact) mass is 398 g/mol. The molecule has 1 amide bonds. The van der Waals surface area contributed by atoms with E-state index in [0.717, 1.165) is 34.4 Å². The van der Waals surface area contributed by atoms with Crippen LogP contribution < -0.4 is 14.8 Å². The molecule has 5 nitrogen and oxygen atoms in total. The summed E-state index contributed by atoms with van der Waals surface area (Å²) < 4.78 is 13.7. The van der Waals surface area contributed by atoms with Crippen molar-refractivity contribution in [2.24, 2.45) is 0 Å². The van der Waals surface area contributed by atoms with Gasteiger partial charge in [-0.3, -0.25) is 4.79 Å². The van der Waals surface area contributed by atoms with E-state index in [1.54, 1.807) is 0 Å². The summed E-state index contributed by atoms with van der Waals surface area (Å²) >= 11 is 6.38. The molecule has 3 aromatic rings. The Morgan fingerprint density at radius 2 is 2.11 bits per heavy atom. The molecule has 6 heteroatoms. The molecule has 28 heavy (non-hydrogen) atoms. The molecule has 0 aliphatic carbocycles. The summed E-state index contributed by atoms with van der Waals surface area (Å²) in [4.78, 5) is 13.0. The van der Waals surface area contributed by atoms with Gasteiger partial charge >= 0.3 is 0 Å². The molecule has 1 aromatic heterocycles. The number of hydrogen-bond acceptors (Lipinski definition) is 3. The highest BCUT2D eigenvalue weighted by Gasteiger charge is 2.27. The zero-order chi connectivity index (χ0) is 19.7. The van der Waals surface area contributed by atoms with E-state index in [1.807, 2.05) is 54.0 Å². The molecule has 2 aromatic carbocycles. The summed E-state index contributed by atoms with van der Waals surface area (Å²) in [7, 11) is 0. The summed E-state index contributed by atoms with van der Waals surface area (Å²) in [5, 5.41) is 4.48. The van der Waals surface area contributed by atoms with Gasteiger partial charge in [-0.05, 0) is 37.6 Å². The van der Waals surface area contributed by atoms with Crippen LogP contribution in [0.5, 0.6) is 11.5 Å². The van der Waals surface area contributed by atoms with Crippen molar-refractivity contribution < 1.29 is 14.3 Å². The largest absolute Gasteiger partial charge is 0.494 e. The number of halogens is 1. The molecular formula is C22H23ClN2O3. The maximum absolute atomic E-state index is 13.0. The molecule has 0 saturated heterocycles. The number of rotatable bonds is 6. The highest BCUT2D eigenvalue weighted by molar-refractivity contribution is 6.36. The van der Waals surface area contributed by atoms with Crippen molar-refractivity contribution in [1.29, 1.82) is 0 Å². The Labute approximate surface area is 169 Å². The predicted octanol–water partition coefficient (Wildman–Crippen LogP) is 4.79. The first-order valence-corrected chi connectivity index (χ1v) is 9.97. The van der Waals surface area contributed by atoms with E-state index in [4.69, 9.17) is 21.1 Å². The van der Waals surface area contributed by atoms with Gasteiger partial charge in [-0.1, -0.05) is 36.7 Å². The first-order chi connectivity index (χ1) is 13.6. The van der Waals surface area contributed by atoms with Gasteiger partial charge in [0.15, 0.2) is 0 Å². The lowest BCUT2D eigenvalue weighted by molar-refractivity contribution is 0.0935. The lowest BCUT2D eigenvalue weighted by Crippen LogP contribution is -2.31. The highest BCUT2D eigenvalue weighted by atomic mass is 35.5. The van der Waals surface area contributed by atoms with Gasteiger partial charge in [0, 0.05) is 17.5 Å². The minimum absolute atomic E-state index is 0.0366. The molecule has 0 unspecified atom stereocenters. The number of hydrogen-bond donors (Lipinski definition) is 1. The van der Waals surface area contributed by atoms with E-state index in [9.17, 15) is 4.79 Å². The van der Waals surface area contributed by atoms with Crippen molar-refractivity contribution in [3.05, 3.63) is 58.7 Å². The van der Waals surface area contributed by atoms with E-state index in [1.165, 1.54) is 0 Å². The summed E-state index contributed by atoms with van der Waals surface area (Å²) in [6.45, 7) is 5.63. The van der Waals surface area contributed by atoms with Crippen molar-refractivity contribution in [3.63, 3.8) is 0 Å². The summed E-state index contributed by atoms with van der Waals surface area (Å²) in [5.41, 5.74) is 2.43. The molecule has 0 bridgehead atoms. The molecule has 1 atom stereocenters. The normalized spacial score (nSPS) is 15.3. The molecule has 2 heterocycles. The molecule has 1 aliphatic rings. The van der Waals surface area contributed by atoms with Crippen LogP contribution in [0.15, 0.2) is 42.5 Å². The second-order valence-electron chi connectivity index (χ2n) is 6.82. The second-order valence-corrected chi connectivity index (χ2v) is 7.23. The Kier molecular flexibility index (Phi) is 5.18. The van der Waals surface area contributed by atoms with Gasteiger partial charge in [0.2, 0.25) is 0 Å². The Balaban J connectivity index is 1.64. The van der Waals surface area contributed by atoms with Crippen LogP contribution in [-0.4, -0.2) is 23.2 Å².